The predicted molar refractivity (Wildman–Crippen MR) is 89.0 cm³/mol. The van der Waals surface area contributed by atoms with Gasteiger partial charge >= 0.3 is 0 Å². The molecule has 1 aromatic rings. The summed E-state index contributed by atoms with van der Waals surface area (Å²) < 4.78 is 5.65. The van der Waals surface area contributed by atoms with E-state index in [1.807, 2.05) is 0 Å². The predicted octanol–water partition coefficient (Wildman–Crippen LogP) is 3.53. The van der Waals surface area contributed by atoms with Gasteiger partial charge in [-0.25, -0.2) is 0 Å². The van der Waals surface area contributed by atoms with Crippen LogP contribution in [0.5, 0.6) is 5.75 Å². The second-order valence-corrected chi connectivity index (χ2v) is 6.44. The zero-order valence-corrected chi connectivity index (χ0v) is 14.2. The molecule has 0 saturated heterocycles. The number of likely N-dealkylation sites (N-methyl/N-ethyl adjacent to an activating group) is 2. The molecule has 1 aliphatic rings. The van der Waals surface area contributed by atoms with Crippen LogP contribution in [0.3, 0.4) is 0 Å². The van der Waals surface area contributed by atoms with E-state index < -0.39 is 0 Å². The summed E-state index contributed by atoms with van der Waals surface area (Å²) in [7, 11) is 6.21. The minimum absolute atomic E-state index is 0.192. The van der Waals surface area contributed by atoms with Crippen LogP contribution < -0.4 is 10.1 Å². The van der Waals surface area contributed by atoms with Crippen LogP contribution in [0, 0.1) is 6.92 Å². The highest BCUT2D eigenvalue weighted by molar-refractivity contribution is 5.41. The Kier molecular flexibility index (Phi) is 5.28. The fourth-order valence-electron chi connectivity index (χ4n) is 3.85. The maximum atomic E-state index is 5.65. The summed E-state index contributed by atoms with van der Waals surface area (Å²) in [6.45, 7) is 5.31. The van der Waals surface area contributed by atoms with Crippen molar-refractivity contribution in [2.24, 2.45) is 0 Å². The van der Waals surface area contributed by atoms with Crippen LogP contribution in [0.25, 0.3) is 0 Å². The van der Waals surface area contributed by atoms with Crippen LogP contribution in [0.15, 0.2) is 18.2 Å². The van der Waals surface area contributed by atoms with E-state index in [1.165, 1.54) is 36.8 Å². The lowest BCUT2D eigenvalue weighted by molar-refractivity contribution is 0.104. The Labute approximate surface area is 129 Å². The van der Waals surface area contributed by atoms with Crippen molar-refractivity contribution in [1.82, 2.24) is 10.2 Å². The lowest BCUT2D eigenvalue weighted by Crippen LogP contribution is -2.52. The van der Waals surface area contributed by atoms with Gasteiger partial charge in [0.05, 0.1) is 13.2 Å². The third kappa shape index (κ3) is 3.09. The van der Waals surface area contributed by atoms with E-state index in [-0.39, 0.29) is 5.54 Å². The Bertz CT molecular complexity index is 464. The largest absolute Gasteiger partial charge is 0.496 e. The van der Waals surface area contributed by atoms with Crippen LogP contribution in [0.2, 0.25) is 0 Å². The molecule has 1 saturated carbocycles. The van der Waals surface area contributed by atoms with Gasteiger partial charge in [0.2, 0.25) is 0 Å². The number of nitrogens with zero attached hydrogens (tertiary/aromatic N) is 1. The molecule has 0 heterocycles. The third-order valence-electron chi connectivity index (χ3n) is 5.00. The third-order valence-corrected chi connectivity index (χ3v) is 5.00. The molecule has 1 N–H and O–H groups in total. The summed E-state index contributed by atoms with van der Waals surface area (Å²) in [6.07, 6.45) is 5.12. The molecule has 1 atom stereocenters. The van der Waals surface area contributed by atoms with E-state index in [2.05, 4.69) is 56.4 Å². The van der Waals surface area contributed by atoms with Crippen molar-refractivity contribution in [2.45, 2.75) is 51.1 Å². The number of aryl methyl sites for hydroxylation is 1. The molecule has 1 aliphatic carbocycles. The lowest BCUT2D eigenvalue weighted by Gasteiger charge is -2.44. The average Bonchev–Trinajstić information content (AvgIpc) is 2.95. The van der Waals surface area contributed by atoms with Gasteiger partial charge in [-0.15, -0.1) is 0 Å². The normalized spacial score (nSPS) is 19.0. The van der Waals surface area contributed by atoms with E-state index in [9.17, 15) is 0 Å². The van der Waals surface area contributed by atoms with E-state index in [1.54, 1.807) is 7.11 Å². The van der Waals surface area contributed by atoms with Gasteiger partial charge in [-0.2, -0.15) is 0 Å². The van der Waals surface area contributed by atoms with Gasteiger partial charge in [-0.1, -0.05) is 37.5 Å². The molecule has 1 unspecified atom stereocenters. The van der Waals surface area contributed by atoms with E-state index >= 15 is 0 Å². The van der Waals surface area contributed by atoms with E-state index in [0.717, 1.165) is 12.3 Å². The Morgan fingerprint density at radius 2 is 1.95 bits per heavy atom. The summed E-state index contributed by atoms with van der Waals surface area (Å²) in [6, 6.07) is 6.83. The highest BCUT2D eigenvalue weighted by Crippen LogP contribution is 2.45. The average molecular weight is 290 g/mol. The van der Waals surface area contributed by atoms with Gasteiger partial charge in [0, 0.05) is 11.1 Å². The fourth-order valence-corrected chi connectivity index (χ4v) is 3.85. The molecular weight excluding hydrogens is 260 g/mol. The fraction of sp³-hybridized carbons (Fsp3) is 0.667. The molecule has 0 aromatic heterocycles. The first-order chi connectivity index (χ1) is 10.0. The van der Waals surface area contributed by atoms with Crippen LogP contribution >= 0.6 is 0 Å². The molecule has 0 amide bonds. The first-order valence-electron chi connectivity index (χ1n) is 8.10. The van der Waals surface area contributed by atoms with Crippen molar-refractivity contribution >= 4 is 0 Å². The van der Waals surface area contributed by atoms with Crippen LogP contribution in [0.4, 0.5) is 0 Å². The summed E-state index contributed by atoms with van der Waals surface area (Å²) in [5, 5.41) is 3.74. The number of methoxy groups -OCH3 is 1. The second kappa shape index (κ2) is 6.80. The molecule has 2 rings (SSSR count). The maximum absolute atomic E-state index is 5.65. The van der Waals surface area contributed by atoms with Crippen molar-refractivity contribution in [2.75, 3.05) is 27.7 Å². The summed E-state index contributed by atoms with van der Waals surface area (Å²) in [5.74, 6) is 1.000. The first-order valence-corrected chi connectivity index (χ1v) is 8.10. The standard InChI is InChI=1S/C18H30N2O/c1-6-19-17(18(20(3)4)11-7-8-12-18)15-13-14(2)9-10-16(15)21-5/h9-10,13,17,19H,6-8,11-12H2,1-5H3. The minimum atomic E-state index is 0.192. The summed E-state index contributed by atoms with van der Waals surface area (Å²) >= 11 is 0. The summed E-state index contributed by atoms with van der Waals surface area (Å²) in [5.41, 5.74) is 2.78. The highest BCUT2D eigenvalue weighted by Gasteiger charge is 2.44. The zero-order chi connectivity index (χ0) is 15.5. The molecular formula is C18H30N2O. The molecule has 0 bridgehead atoms. The van der Waals surface area contributed by atoms with Gasteiger partial charge in [0.1, 0.15) is 5.75 Å². The maximum Gasteiger partial charge on any atom is 0.123 e. The van der Waals surface area contributed by atoms with Crippen molar-refractivity contribution in [3.63, 3.8) is 0 Å². The van der Waals surface area contributed by atoms with Gasteiger partial charge in [0.25, 0.3) is 0 Å². The number of nitrogens with one attached hydrogen (secondary N) is 1. The van der Waals surface area contributed by atoms with Crippen LogP contribution in [-0.2, 0) is 0 Å². The lowest BCUT2D eigenvalue weighted by atomic mass is 9.81. The van der Waals surface area contributed by atoms with Crippen molar-refractivity contribution in [1.29, 1.82) is 0 Å². The van der Waals surface area contributed by atoms with Crippen LogP contribution in [-0.4, -0.2) is 38.2 Å². The Balaban J connectivity index is 2.50. The number of hydrogen-bond acceptors (Lipinski definition) is 3. The highest BCUT2D eigenvalue weighted by atomic mass is 16.5. The Morgan fingerprint density at radius 3 is 2.48 bits per heavy atom. The number of rotatable bonds is 6. The number of ether oxygens (including phenoxy) is 1. The SMILES string of the molecule is CCNC(c1cc(C)ccc1OC)C1(N(C)C)CCCC1. The molecule has 3 nitrogen and oxygen atoms in total. The topological polar surface area (TPSA) is 24.5 Å². The molecule has 0 aliphatic heterocycles. The van der Waals surface area contributed by atoms with Gasteiger partial charge < -0.3 is 15.0 Å². The van der Waals surface area contributed by atoms with Crippen molar-refractivity contribution in [3.8, 4) is 5.75 Å². The molecule has 1 aromatic carbocycles. The van der Waals surface area contributed by atoms with Gasteiger partial charge in [-0.05, 0) is 46.5 Å². The van der Waals surface area contributed by atoms with E-state index in [0.29, 0.717) is 6.04 Å². The molecule has 21 heavy (non-hydrogen) atoms. The monoisotopic (exact) mass is 290 g/mol. The Morgan fingerprint density at radius 1 is 1.29 bits per heavy atom. The van der Waals surface area contributed by atoms with Gasteiger partial charge in [0.15, 0.2) is 0 Å². The molecule has 1 fully saturated rings. The molecule has 3 heteroatoms. The molecule has 0 radical (unpaired) electrons. The van der Waals surface area contributed by atoms with E-state index in [4.69, 9.17) is 4.74 Å². The molecule has 0 spiro atoms. The number of hydrogen-bond donors (Lipinski definition) is 1. The smallest absolute Gasteiger partial charge is 0.123 e. The Hall–Kier alpha value is -1.06. The molecule has 118 valence electrons. The second-order valence-electron chi connectivity index (χ2n) is 6.44. The zero-order valence-electron chi connectivity index (χ0n) is 14.2. The number of benzene rings is 1. The van der Waals surface area contributed by atoms with Crippen molar-refractivity contribution in [3.05, 3.63) is 29.3 Å². The quantitative estimate of drug-likeness (QED) is 0.867. The minimum Gasteiger partial charge on any atom is -0.496 e. The van der Waals surface area contributed by atoms with Crippen molar-refractivity contribution < 1.29 is 4.74 Å². The first kappa shape index (κ1) is 16.3. The van der Waals surface area contributed by atoms with Gasteiger partial charge in [-0.3, -0.25) is 0 Å². The van der Waals surface area contributed by atoms with Crippen LogP contribution in [0.1, 0.15) is 49.8 Å². The summed E-state index contributed by atoms with van der Waals surface area (Å²) in [4.78, 5) is 2.43.